The molecule has 0 bridgehead atoms. The van der Waals surface area contributed by atoms with Crippen molar-refractivity contribution in [1.29, 1.82) is 0 Å². The largest absolute Gasteiger partial charge is 0.317 e. The van der Waals surface area contributed by atoms with Crippen LogP contribution in [0.25, 0.3) is 27.8 Å². The van der Waals surface area contributed by atoms with Crippen LogP contribution < -0.4 is 5.32 Å². The minimum absolute atomic E-state index is 0.0211. The normalized spacial score (nSPS) is 15.6. The number of rotatable bonds is 4. The fourth-order valence-corrected chi connectivity index (χ4v) is 5.39. The average Bonchev–Trinajstić information content (AvgIpc) is 3.57. The number of aromatic nitrogens is 8. The summed E-state index contributed by atoms with van der Waals surface area (Å²) in [5.41, 5.74) is 2.75. The first-order chi connectivity index (χ1) is 15.6. The first-order valence-corrected chi connectivity index (χ1v) is 11.7. The van der Waals surface area contributed by atoms with Crippen molar-refractivity contribution in [3.05, 3.63) is 55.5 Å². The SMILES string of the molecule is O=S(=O)(c1cnn2cccnc12)n1ncc2ncc(-c3cnn(C4CCNCC4)c3)cc21. The maximum atomic E-state index is 13.4. The molecule has 1 N–H and O–H groups in total. The van der Waals surface area contributed by atoms with Gasteiger partial charge in [-0.15, -0.1) is 0 Å². The minimum atomic E-state index is -4.02. The molecule has 1 aliphatic heterocycles. The molecule has 0 unspecified atom stereocenters. The molecule has 0 amide bonds. The van der Waals surface area contributed by atoms with Crippen LogP contribution in [-0.4, -0.2) is 60.1 Å². The van der Waals surface area contributed by atoms with Crippen LogP contribution in [0, 0.1) is 0 Å². The molecule has 0 radical (unpaired) electrons. The zero-order valence-corrected chi connectivity index (χ0v) is 17.7. The van der Waals surface area contributed by atoms with Crippen LogP contribution in [0.3, 0.4) is 0 Å². The van der Waals surface area contributed by atoms with Gasteiger partial charge in [0.2, 0.25) is 0 Å². The lowest BCUT2D eigenvalue weighted by molar-refractivity contribution is 0.343. The monoisotopic (exact) mass is 449 g/mol. The van der Waals surface area contributed by atoms with Crippen LogP contribution in [-0.2, 0) is 10.0 Å². The van der Waals surface area contributed by atoms with E-state index < -0.39 is 10.0 Å². The Bertz CT molecular complexity index is 1540. The third kappa shape index (κ3) is 2.99. The number of hydrogen-bond acceptors (Lipinski definition) is 8. The van der Waals surface area contributed by atoms with Crippen LogP contribution in [0.2, 0.25) is 0 Å². The molecule has 0 spiro atoms. The molecule has 0 aromatic carbocycles. The molecule has 0 aliphatic carbocycles. The van der Waals surface area contributed by atoms with Crippen LogP contribution >= 0.6 is 0 Å². The molecule has 0 saturated carbocycles. The number of nitrogens with one attached hydrogen (secondary N) is 1. The summed E-state index contributed by atoms with van der Waals surface area (Å²) >= 11 is 0. The number of pyridine rings is 1. The molecule has 5 aromatic rings. The van der Waals surface area contributed by atoms with Gasteiger partial charge in [-0.25, -0.2) is 9.50 Å². The molecule has 162 valence electrons. The van der Waals surface area contributed by atoms with Crippen molar-refractivity contribution in [3.63, 3.8) is 0 Å². The third-order valence-electron chi connectivity index (χ3n) is 5.76. The second-order valence-corrected chi connectivity index (χ2v) is 9.44. The van der Waals surface area contributed by atoms with E-state index in [4.69, 9.17) is 0 Å². The molecular formula is C20H19N9O2S. The first kappa shape index (κ1) is 19.1. The van der Waals surface area contributed by atoms with Gasteiger partial charge in [0.05, 0.1) is 24.6 Å². The standard InChI is InChI=1S/C20H19N9O2S/c30-32(31,19-12-25-27-7-1-4-22-20(19)27)29-18-8-14(9-23-17(18)11-26-29)15-10-24-28(13-15)16-2-5-21-6-3-16/h1,4,7-13,16,21H,2-3,5-6H2. The van der Waals surface area contributed by atoms with Crippen LogP contribution in [0.5, 0.6) is 0 Å². The van der Waals surface area contributed by atoms with Gasteiger partial charge >= 0.3 is 0 Å². The Morgan fingerprint density at radius 3 is 2.72 bits per heavy atom. The van der Waals surface area contributed by atoms with Crippen LogP contribution in [0.1, 0.15) is 18.9 Å². The Labute approximate surface area is 182 Å². The zero-order valence-electron chi connectivity index (χ0n) is 16.9. The van der Waals surface area contributed by atoms with E-state index in [2.05, 4.69) is 30.6 Å². The smallest absolute Gasteiger partial charge is 0.288 e. The molecule has 6 heterocycles. The highest BCUT2D eigenvalue weighted by molar-refractivity contribution is 7.90. The van der Waals surface area contributed by atoms with Crippen molar-refractivity contribution in [2.45, 2.75) is 23.8 Å². The number of hydrogen-bond donors (Lipinski definition) is 1. The second kappa shape index (κ2) is 7.21. The fourth-order valence-electron chi connectivity index (χ4n) is 4.07. The van der Waals surface area contributed by atoms with Gasteiger partial charge < -0.3 is 5.32 Å². The summed E-state index contributed by atoms with van der Waals surface area (Å²) < 4.78 is 31.2. The lowest BCUT2D eigenvalue weighted by Gasteiger charge is -2.22. The Kier molecular flexibility index (Phi) is 4.30. The summed E-state index contributed by atoms with van der Waals surface area (Å²) in [4.78, 5) is 8.56. The van der Waals surface area contributed by atoms with E-state index in [0.717, 1.165) is 41.1 Å². The molecule has 32 heavy (non-hydrogen) atoms. The van der Waals surface area contributed by atoms with Gasteiger partial charge in [0.15, 0.2) is 10.5 Å². The van der Waals surface area contributed by atoms with Gasteiger partial charge in [0.1, 0.15) is 11.0 Å². The highest BCUT2D eigenvalue weighted by Crippen LogP contribution is 2.27. The predicted octanol–water partition coefficient (Wildman–Crippen LogP) is 1.50. The molecule has 11 nitrogen and oxygen atoms in total. The Morgan fingerprint density at radius 2 is 1.84 bits per heavy atom. The topological polar surface area (TPSA) is 125 Å². The number of fused-ring (bicyclic) bond motifs is 2. The van der Waals surface area contributed by atoms with E-state index in [0.29, 0.717) is 17.1 Å². The van der Waals surface area contributed by atoms with Crippen LogP contribution in [0.4, 0.5) is 0 Å². The van der Waals surface area contributed by atoms with Gasteiger partial charge in [0.25, 0.3) is 10.0 Å². The maximum Gasteiger partial charge on any atom is 0.288 e. The minimum Gasteiger partial charge on any atom is -0.317 e. The summed E-state index contributed by atoms with van der Waals surface area (Å²) in [6.07, 6.45) is 13.4. The van der Waals surface area contributed by atoms with Crippen molar-refractivity contribution >= 4 is 26.7 Å². The lowest BCUT2D eigenvalue weighted by atomic mass is 10.1. The van der Waals surface area contributed by atoms with E-state index in [-0.39, 0.29) is 10.5 Å². The molecule has 1 saturated heterocycles. The Hall–Kier alpha value is -3.64. The van der Waals surface area contributed by atoms with Gasteiger partial charge in [-0.2, -0.15) is 27.8 Å². The number of piperidine rings is 1. The van der Waals surface area contributed by atoms with Crippen molar-refractivity contribution in [2.24, 2.45) is 0 Å². The summed E-state index contributed by atoms with van der Waals surface area (Å²) in [6, 6.07) is 3.81. The van der Waals surface area contributed by atoms with Crippen molar-refractivity contribution in [2.75, 3.05) is 13.1 Å². The average molecular weight is 450 g/mol. The maximum absolute atomic E-state index is 13.4. The fraction of sp³-hybridized carbons (Fsp3) is 0.250. The van der Waals surface area contributed by atoms with E-state index >= 15 is 0 Å². The summed E-state index contributed by atoms with van der Waals surface area (Å²) in [7, 11) is -4.02. The summed E-state index contributed by atoms with van der Waals surface area (Å²) in [5.74, 6) is 0. The molecule has 0 atom stereocenters. The highest BCUT2D eigenvalue weighted by Gasteiger charge is 2.26. The van der Waals surface area contributed by atoms with Crippen molar-refractivity contribution in [1.82, 2.24) is 43.9 Å². The first-order valence-electron chi connectivity index (χ1n) is 10.2. The quantitative estimate of drug-likeness (QED) is 0.438. The lowest BCUT2D eigenvalue weighted by Crippen LogP contribution is -2.29. The summed E-state index contributed by atoms with van der Waals surface area (Å²) in [6.45, 7) is 1.95. The molecular weight excluding hydrogens is 430 g/mol. The van der Waals surface area contributed by atoms with Gasteiger partial charge in [0, 0.05) is 35.9 Å². The zero-order chi connectivity index (χ0) is 21.7. The molecule has 1 aliphatic rings. The molecule has 1 fully saturated rings. The predicted molar refractivity (Wildman–Crippen MR) is 115 cm³/mol. The van der Waals surface area contributed by atoms with E-state index in [1.807, 2.05) is 10.9 Å². The van der Waals surface area contributed by atoms with Crippen molar-refractivity contribution in [3.8, 4) is 11.1 Å². The van der Waals surface area contributed by atoms with Gasteiger partial charge in [-0.1, -0.05) is 0 Å². The van der Waals surface area contributed by atoms with Crippen molar-refractivity contribution < 1.29 is 8.42 Å². The molecule has 6 rings (SSSR count). The van der Waals surface area contributed by atoms with E-state index in [1.54, 1.807) is 30.7 Å². The Morgan fingerprint density at radius 1 is 0.969 bits per heavy atom. The van der Waals surface area contributed by atoms with Crippen LogP contribution in [0.15, 0.2) is 60.4 Å². The molecule has 12 heteroatoms. The second-order valence-electron chi connectivity index (χ2n) is 7.71. The van der Waals surface area contributed by atoms with E-state index in [1.165, 1.54) is 23.1 Å². The third-order valence-corrected chi connectivity index (χ3v) is 7.35. The highest BCUT2D eigenvalue weighted by atomic mass is 32.2. The number of nitrogens with zero attached hydrogens (tertiary/aromatic N) is 8. The Balaban J connectivity index is 1.42. The van der Waals surface area contributed by atoms with E-state index in [9.17, 15) is 8.42 Å². The molecule has 5 aromatic heterocycles. The van der Waals surface area contributed by atoms with Gasteiger partial charge in [-0.3, -0.25) is 9.67 Å². The van der Waals surface area contributed by atoms with Gasteiger partial charge in [-0.05, 0) is 38.1 Å². The summed E-state index contributed by atoms with van der Waals surface area (Å²) in [5, 5.41) is 16.1.